The molecule has 0 aromatic rings. The zero-order chi connectivity index (χ0) is 14.5. The first-order valence-electron chi connectivity index (χ1n) is 6.91. The van der Waals surface area contributed by atoms with Crippen LogP contribution in [0.15, 0.2) is 0 Å². The van der Waals surface area contributed by atoms with E-state index in [2.05, 4.69) is 13.8 Å². The van der Waals surface area contributed by atoms with E-state index in [0.29, 0.717) is 12.3 Å². The van der Waals surface area contributed by atoms with Gasteiger partial charge in [0.25, 0.3) is 0 Å². The Balaban J connectivity index is 4.99. The van der Waals surface area contributed by atoms with Crippen LogP contribution >= 0.6 is 0 Å². The van der Waals surface area contributed by atoms with Gasteiger partial charge in [-0.05, 0) is 18.8 Å². The van der Waals surface area contributed by atoms with Gasteiger partial charge in [0, 0.05) is 18.9 Å². The second kappa shape index (κ2) is 6.91. The van der Waals surface area contributed by atoms with Gasteiger partial charge < -0.3 is 4.90 Å². The van der Waals surface area contributed by atoms with Crippen LogP contribution in [0.2, 0.25) is 0 Å². The molecule has 0 bridgehead atoms. The molecule has 0 saturated heterocycles. The lowest BCUT2D eigenvalue weighted by atomic mass is 9.83. The molecule has 0 aromatic heterocycles. The highest BCUT2D eigenvalue weighted by Gasteiger charge is 2.34. The van der Waals surface area contributed by atoms with Crippen molar-refractivity contribution >= 4 is 11.7 Å². The van der Waals surface area contributed by atoms with Crippen molar-refractivity contribution in [1.29, 1.82) is 0 Å². The third kappa shape index (κ3) is 5.19. The Bertz CT molecular complexity index is 289. The molecule has 3 nitrogen and oxygen atoms in total. The Morgan fingerprint density at radius 2 is 1.67 bits per heavy atom. The third-order valence-corrected chi connectivity index (χ3v) is 3.06. The highest BCUT2D eigenvalue weighted by Crippen LogP contribution is 2.23. The lowest BCUT2D eigenvalue weighted by Gasteiger charge is -2.33. The molecule has 0 radical (unpaired) electrons. The molecule has 0 heterocycles. The van der Waals surface area contributed by atoms with Crippen molar-refractivity contribution in [2.24, 2.45) is 11.3 Å². The summed E-state index contributed by atoms with van der Waals surface area (Å²) in [6.45, 7) is 11.9. The van der Waals surface area contributed by atoms with Gasteiger partial charge in [0.2, 0.25) is 5.91 Å². The average Bonchev–Trinajstić information content (AvgIpc) is 2.22. The van der Waals surface area contributed by atoms with E-state index in [1.165, 1.54) is 0 Å². The molecule has 0 unspecified atom stereocenters. The fourth-order valence-electron chi connectivity index (χ4n) is 1.95. The summed E-state index contributed by atoms with van der Waals surface area (Å²) in [7, 11) is 1.76. The minimum Gasteiger partial charge on any atom is -0.336 e. The highest BCUT2D eigenvalue weighted by atomic mass is 16.2. The van der Waals surface area contributed by atoms with Gasteiger partial charge in [-0.3, -0.25) is 9.59 Å². The van der Waals surface area contributed by atoms with E-state index >= 15 is 0 Å². The van der Waals surface area contributed by atoms with Crippen molar-refractivity contribution in [2.45, 2.75) is 66.8 Å². The second-order valence-electron chi connectivity index (χ2n) is 6.51. The van der Waals surface area contributed by atoms with Gasteiger partial charge in [-0.1, -0.05) is 41.5 Å². The summed E-state index contributed by atoms with van der Waals surface area (Å²) in [5.74, 6) is 0.627. The fraction of sp³-hybridized carbons (Fsp3) is 0.867. The van der Waals surface area contributed by atoms with Crippen LogP contribution in [-0.4, -0.2) is 29.7 Å². The zero-order valence-corrected chi connectivity index (χ0v) is 13.0. The van der Waals surface area contributed by atoms with E-state index < -0.39 is 5.41 Å². The van der Waals surface area contributed by atoms with E-state index in [1.807, 2.05) is 27.7 Å². The number of nitrogens with zero attached hydrogens (tertiary/aromatic N) is 1. The molecule has 3 heteroatoms. The Labute approximate surface area is 112 Å². The van der Waals surface area contributed by atoms with E-state index in [1.54, 1.807) is 11.9 Å². The molecule has 0 saturated carbocycles. The number of hydrogen-bond acceptors (Lipinski definition) is 2. The summed E-state index contributed by atoms with van der Waals surface area (Å²) in [6.07, 6.45) is 2.08. The minimum atomic E-state index is -0.402. The quantitative estimate of drug-likeness (QED) is 0.730. The van der Waals surface area contributed by atoms with Crippen LogP contribution in [-0.2, 0) is 9.59 Å². The monoisotopic (exact) mass is 255 g/mol. The van der Waals surface area contributed by atoms with Crippen LogP contribution in [0.5, 0.6) is 0 Å². The van der Waals surface area contributed by atoms with Crippen LogP contribution in [0.4, 0.5) is 0 Å². The topological polar surface area (TPSA) is 37.4 Å². The largest absolute Gasteiger partial charge is 0.336 e. The molecule has 1 atom stereocenters. The maximum absolute atomic E-state index is 12.5. The molecule has 0 aliphatic carbocycles. The number of hydrogen-bond donors (Lipinski definition) is 0. The Morgan fingerprint density at radius 1 is 1.17 bits per heavy atom. The molecule has 0 aliphatic heterocycles. The summed E-state index contributed by atoms with van der Waals surface area (Å²) in [5, 5.41) is 0. The lowest BCUT2D eigenvalue weighted by molar-refractivity contribution is -0.142. The van der Waals surface area contributed by atoms with Gasteiger partial charge in [0.05, 0.1) is 6.04 Å². The van der Waals surface area contributed by atoms with Crippen molar-refractivity contribution in [3.63, 3.8) is 0 Å². The van der Waals surface area contributed by atoms with Gasteiger partial charge in [-0.15, -0.1) is 0 Å². The van der Waals surface area contributed by atoms with Gasteiger partial charge in [0.15, 0.2) is 5.78 Å². The van der Waals surface area contributed by atoms with E-state index in [9.17, 15) is 9.59 Å². The zero-order valence-electron chi connectivity index (χ0n) is 13.0. The summed E-state index contributed by atoms with van der Waals surface area (Å²) in [5.41, 5.74) is -0.402. The predicted octanol–water partition coefficient (Wildman–Crippen LogP) is 3.27. The molecular weight excluding hydrogens is 226 g/mol. The second-order valence-corrected chi connectivity index (χ2v) is 6.51. The molecule has 18 heavy (non-hydrogen) atoms. The number of likely N-dealkylation sites (N-methyl/N-ethyl adjacent to an activating group) is 1. The number of carbonyl (C=O) groups excluding carboxylic acids is 2. The summed E-state index contributed by atoms with van der Waals surface area (Å²) < 4.78 is 0. The van der Waals surface area contributed by atoms with Crippen molar-refractivity contribution in [3.05, 3.63) is 0 Å². The number of rotatable bonds is 6. The maximum atomic E-state index is 12.5. The summed E-state index contributed by atoms with van der Waals surface area (Å²) in [6, 6.07) is -0.288. The minimum absolute atomic E-state index is 0.0701. The normalized spacial score (nSPS) is 13.6. The number of ketones is 1. The van der Waals surface area contributed by atoms with Gasteiger partial charge in [-0.2, -0.15) is 0 Å². The highest BCUT2D eigenvalue weighted by molar-refractivity contribution is 5.92. The summed E-state index contributed by atoms with van der Waals surface area (Å²) in [4.78, 5) is 26.1. The first-order valence-corrected chi connectivity index (χ1v) is 6.91. The smallest absolute Gasteiger partial charge is 0.222 e. The fourth-order valence-corrected chi connectivity index (χ4v) is 1.95. The van der Waals surface area contributed by atoms with Gasteiger partial charge >= 0.3 is 0 Å². The van der Waals surface area contributed by atoms with E-state index in [-0.39, 0.29) is 17.7 Å². The van der Waals surface area contributed by atoms with Gasteiger partial charge in [0.1, 0.15) is 0 Å². The standard InChI is InChI=1S/C15H29NO2/c1-8-9-13(17)16(7)12(10-11(2)3)14(18)15(4,5)6/h11-12H,8-10H2,1-7H3/t12-/m1/s1. The van der Waals surface area contributed by atoms with Crippen LogP contribution in [0.1, 0.15) is 60.8 Å². The number of amides is 1. The third-order valence-electron chi connectivity index (χ3n) is 3.06. The SMILES string of the molecule is CCCC(=O)N(C)[C@H](CC(C)C)C(=O)C(C)(C)C. The van der Waals surface area contributed by atoms with Crippen LogP contribution in [0, 0.1) is 11.3 Å². The van der Waals surface area contributed by atoms with Crippen LogP contribution < -0.4 is 0 Å². The van der Waals surface area contributed by atoms with Crippen molar-refractivity contribution in [1.82, 2.24) is 4.90 Å². The number of carbonyl (C=O) groups is 2. The van der Waals surface area contributed by atoms with Gasteiger partial charge in [-0.25, -0.2) is 0 Å². The molecular formula is C15H29NO2. The average molecular weight is 255 g/mol. The maximum Gasteiger partial charge on any atom is 0.222 e. The first-order chi connectivity index (χ1) is 8.11. The Hall–Kier alpha value is -0.860. The molecule has 0 spiro atoms. The van der Waals surface area contributed by atoms with E-state index in [4.69, 9.17) is 0 Å². The Morgan fingerprint density at radius 3 is 2.00 bits per heavy atom. The summed E-state index contributed by atoms with van der Waals surface area (Å²) >= 11 is 0. The molecule has 0 fully saturated rings. The molecule has 0 aromatic carbocycles. The van der Waals surface area contributed by atoms with Crippen LogP contribution in [0.3, 0.4) is 0 Å². The van der Waals surface area contributed by atoms with Crippen molar-refractivity contribution in [3.8, 4) is 0 Å². The van der Waals surface area contributed by atoms with E-state index in [0.717, 1.165) is 12.8 Å². The van der Waals surface area contributed by atoms with Crippen molar-refractivity contribution in [2.75, 3.05) is 7.05 Å². The predicted molar refractivity (Wildman–Crippen MR) is 75.4 cm³/mol. The number of Topliss-reactive ketones (excluding diaryl/α,β-unsaturated/α-hetero) is 1. The Kier molecular flexibility index (Phi) is 6.58. The molecule has 106 valence electrons. The molecule has 0 rings (SSSR count). The lowest BCUT2D eigenvalue weighted by Crippen LogP contribution is -2.47. The first kappa shape index (κ1) is 17.1. The van der Waals surface area contributed by atoms with Crippen LogP contribution in [0.25, 0.3) is 0 Å². The van der Waals surface area contributed by atoms with Crippen molar-refractivity contribution < 1.29 is 9.59 Å². The molecule has 1 amide bonds. The molecule has 0 N–H and O–H groups in total. The molecule has 0 aliphatic rings.